The second kappa shape index (κ2) is 7.38. The summed E-state index contributed by atoms with van der Waals surface area (Å²) in [4.78, 5) is 3.24. The number of thiocarbonyl (C=S) groups is 1. The highest BCUT2D eigenvalue weighted by molar-refractivity contribution is 7.80. The Kier molecular flexibility index (Phi) is 5.03. The third kappa shape index (κ3) is 3.84. The van der Waals surface area contributed by atoms with Gasteiger partial charge in [0.1, 0.15) is 0 Å². The molecule has 0 bridgehead atoms. The average Bonchev–Trinajstić information content (AvgIpc) is 2.58. The van der Waals surface area contributed by atoms with Crippen LogP contribution in [0.25, 0.3) is 0 Å². The lowest BCUT2D eigenvalue weighted by Gasteiger charge is -2.29. The predicted molar refractivity (Wildman–Crippen MR) is 94.9 cm³/mol. The van der Waals surface area contributed by atoms with Gasteiger partial charge in [-0.1, -0.05) is 48.6 Å². The van der Waals surface area contributed by atoms with Crippen LogP contribution < -0.4 is 5.32 Å². The maximum Gasteiger partial charge on any atom is 0.0826 e. The van der Waals surface area contributed by atoms with E-state index in [0.29, 0.717) is 0 Å². The molecule has 114 valence electrons. The summed E-state index contributed by atoms with van der Waals surface area (Å²) >= 11 is 5.62. The van der Waals surface area contributed by atoms with Crippen LogP contribution in [-0.4, -0.2) is 36.2 Å². The number of morpholine rings is 1. The quantitative estimate of drug-likeness (QED) is 0.871. The molecule has 1 aliphatic rings. The first-order valence-electron chi connectivity index (χ1n) is 7.58. The number of para-hydroxylation sites is 2. The SMILES string of the molecule is S=C(Cc1ccccc1Nc1ccccc1)N1CCOCC1. The zero-order valence-electron chi connectivity index (χ0n) is 12.5. The summed E-state index contributed by atoms with van der Waals surface area (Å²) in [5.74, 6) is 0. The van der Waals surface area contributed by atoms with Gasteiger partial charge in [-0.05, 0) is 23.8 Å². The molecule has 0 spiro atoms. The van der Waals surface area contributed by atoms with E-state index in [1.807, 2.05) is 24.3 Å². The van der Waals surface area contributed by atoms with Gasteiger partial charge in [0.05, 0.1) is 18.2 Å². The Labute approximate surface area is 136 Å². The van der Waals surface area contributed by atoms with Crippen molar-refractivity contribution in [2.45, 2.75) is 6.42 Å². The molecule has 0 saturated carbocycles. The van der Waals surface area contributed by atoms with Crippen LogP contribution in [-0.2, 0) is 11.2 Å². The fourth-order valence-corrected chi connectivity index (χ4v) is 2.90. The Morgan fingerprint density at radius 1 is 1.00 bits per heavy atom. The number of anilines is 2. The summed E-state index contributed by atoms with van der Waals surface area (Å²) in [5, 5.41) is 3.48. The van der Waals surface area contributed by atoms with Gasteiger partial charge < -0.3 is 15.0 Å². The summed E-state index contributed by atoms with van der Waals surface area (Å²) in [7, 11) is 0. The number of ether oxygens (including phenoxy) is 1. The summed E-state index contributed by atoms with van der Waals surface area (Å²) in [5.41, 5.74) is 3.43. The molecule has 0 amide bonds. The lowest BCUT2D eigenvalue weighted by atomic mass is 10.1. The summed E-state index contributed by atoms with van der Waals surface area (Å²) < 4.78 is 5.39. The zero-order valence-corrected chi connectivity index (χ0v) is 13.3. The lowest BCUT2D eigenvalue weighted by molar-refractivity contribution is 0.0685. The molecule has 22 heavy (non-hydrogen) atoms. The first kappa shape index (κ1) is 15.0. The molecule has 0 unspecified atom stereocenters. The molecule has 1 saturated heterocycles. The monoisotopic (exact) mass is 312 g/mol. The van der Waals surface area contributed by atoms with Crippen LogP contribution in [0, 0.1) is 0 Å². The molecule has 4 heteroatoms. The summed E-state index contributed by atoms with van der Waals surface area (Å²) in [6.45, 7) is 3.33. The molecule has 2 aromatic carbocycles. The summed E-state index contributed by atoms with van der Waals surface area (Å²) in [6.07, 6.45) is 0.783. The normalized spacial score (nSPS) is 14.6. The van der Waals surface area contributed by atoms with Crippen molar-refractivity contribution in [1.82, 2.24) is 4.90 Å². The van der Waals surface area contributed by atoms with Crippen molar-refractivity contribution in [3.63, 3.8) is 0 Å². The third-order valence-corrected chi connectivity index (χ3v) is 4.18. The molecular formula is C18H20N2OS. The van der Waals surface area contributed by atoms with Crippen LogP contribution >= 0.6 is 12.2 Å². The van der Waals surface area contributed by atoms with E-state index in [0.717, 1.165) is 49.1 Å². The van der Waals surface area contributed by atoms with Crippen LogP contribution in [0.2, 0.25) is 0 Å². The highest BCUT2D eigenvalue weighted by atomic mass is 32.1. The second-order valence-electron chi connectivity index (χ2n) is 5.32. The predicted octanol–water partition coefficient (Wildman–Crippen LogP) is 3.63. The summed E-state index contributed by atoms with van der Waals surface area (Å²) in [6, 6.07) is 18.6. The van der Waals surface area contributed by atoms with Gasteiger partial charge in [-0.15, -0.1) is 0 Å². The Morgan fingerprint density at radius 2 is 1.68 bits per heavy atom. The third-order valence-electron chi connectivity index (χ3n) is 3.78. The van der Waals surface area contributed by atoms with Crippen molar-refractivity contribution in [3.8, 4) is 0 Å². The molecule has 1 fully saturated rings. The molecule has 3 rings (SSSR count). The van der Waals surface area contributed by atoms with Gasteiger partial charge in [0.2, 0.25) is 0 Å². The van der Waals surface area contributed by atoms with Crippen LogP contribution in [0.15, 0.2) is 54.6 Å². The van der Waals surface area contributed by atoms with Gasteiger partial charge in [-0.2, -0.15) is 0 Å². The van der Waals surface area contributed by atoms with E-state index in [2.05, 4.69) is 40.5 Å². The molecule has 0 aromatic heterocycles. The van der Waals surface area contributed by atoms with Crippen LogP contribution in [0.1, 0.15) is 5.56 Å². The van der Waals surface area contributed by atoms with Crippen molar-refractivity contribution in [1.29, 1.82) is 0 Å². The minimum atomic E-state index is 0.768. The smallest absolute Gasteiger partial charge is 0.0826 e. The number of nitrogens with zero attached hydrogens (tertiary/aromatic N) is 1. The van der Waals surface area contributed by atoms with E-state index in [1.165, 1.54) is 5.56 Å². The van der Waals surface area contributed by atoms with Gasteiger partial charge in [-0.3, -0.25) is 0 Å². The first-order chi connectivity index (χ1) is 10.8. The van der Waals surface area contributed by atoms with Gasteiger partial charge in [0, 0.05) is 30.9 Å². The number of benzene rings is 2. The van der Waals surface area contributed by atoms with E-state index in [1.54, 1.807) is 0 Å². The van der Waals surface area contributed by atoms with Gasteiger partial charge >= 0.3 is 0 Å². The number of nitrogens with one attached hydrogen (secondary N) is 1. The topological polar surface area (TPSA) is 24.5 Å². The van der Waals surface area contributed by atoms with Gasteiger partial charge in [0.15, 0.2) is 0 Å². The highest BCUT2D eigenvalue weighted by Crippen LogP contribution is 2.22. The molecule has 0 aliphatic carbocycles. The Hall–Kier alpha value is -1.91. The fraction of sp³-hybridized carbons (Fsp3) is 0.278. The Morgan fingerprint density at radius 3 is 2.45 bits per heavy atom. The Balaban J connectivity index is 1.72. The molecule has 1 N–H and O–H groups in total. The standard InChI is InChI=1S/C18H20N2OS/c22-18(20-10-12-21-13-11-20)14-15-6-4-5-9-17(15)19-16-7-2-1-3-8-16/h1-9,19H,10-14H2. The molecule has 0 radical (unpaired) electrons. The fourth-order valence-electron chi connectivity index (χ4n) is 2.56. The minimum absolute atomic E-state index is 0.768. The van der Waals surface area contributed by atoms with Gasteiger partial charge in [0.25, 0.3) is 0 Å². The maximum absolute atomic E-state index is 5.62. The highest BCUT2D eigenvalue weighted by Gasteiger charge is 2.15. The van der Waals surface area contributed by atoms with Crippen LogP contribution in [0.4, 0.5) is 11.4 Å². The first-order valence-corrected chi connectivity index (χ1v) is 7.99. The van der Waals surface area contributed by atoms with Crippen molar-refractivity contribution in [2.24, 2.45) is 0 Å². The maximum atomic E-state index is 5.62. The van der Waals surface area contributed by atoms with Crippen molar-refractivity contribution in [3.05, 3.63) is 60.2 Å². The van der Waals surface area contributed by atoms with E-state index < -0.39 is 0 Å². The molecule has 0 atom stereocenters. The molecule has 1 heterocycles. The number of hydrogen-bond donors (Lipinski definition) is 1. The largest absolute Gasteiger partial charge is 0.378 e. The van der Waals surface area contributed by atoms with E-state index in [4.69, 9.17) is 17.0 Å². The van der Waals surface area contributed by atoms with E-state index in [9.17, 15) is 0 Å². The second-order valence-corrected chi connectivity index (χ2v) is 5.79. The lowest BCUT2D eigenvalue weighted by Crippen LogP contribution is -2.40. The van der Waals surface area contributed by atoms with Crippen molar-refractivity contribution < 1.29 is 4.74 Å². The van der Waals surface area contributed by atoms with E-state index in [-0.39, 0.29) is 0 Å². The van der Waals surface area contributed by atoms with E-state index >= 15 is 0 Å². The molecule has 2 aromatic rings. The van der Waals surface area contributed by atoms with Crippen molar-refractivity contribution in [2.75, 3.05) is 31.6 Å². The van der Waals surface area contributed by atoms with Crippen LogP contribution in [0.5, 0.6) is 0 Å². The average molecular weight is 312 g/mol. The zero-order chi connectivity index (χ0) is 15.2. The van der Waals surface area contributed by atoms with Crippen molar-refractivity contribution >= 4 is 28.6 Å². The van der Waals surface area contributed by atoms with Gasteiger partial charge in [-0.25, -0.2) is 0 Å². The minimum Gasteiger partial charge on any atom is -0.378 e. The van der Waals surface area contributed by atoms with Crippen LogP contribution in [0.3, 0.4) is 0 Å². The molecular weight excluding hydrogens is 292 g/mol. The number of rotatable bonds is 4. The Bertz CT molecular complexity index is 624. The molecule has 3 nitrogen and oxygen atoms in total. The number of hydrogen-bond acceptors (Lipinski definition) is 3. The molecule has 1 aliphatic heterocycles.